The molecule has 0 spiro atoms. The third kappa shape index (κ3) is 4.53. The van der Waals surface area contributed by atoms with E-state index < -0.39 is 17.5 Å². The van der Waals surface area contributed by atoms with Crippen molar-refractivity contribution < 1.29 is 18.7 Å². The number of benzene rings is 2. The maximum atomic E-state index is 13.7. The minimum absolute atomic E-state index is 0.0367. The lowest BCUT2D eigenvalue weighted by Crippen LogP contribution is -2.27. The van der Waals surface area contributed by atoms with Gasteiger partial charge in [-0.25, -0.2) is 9.37 Å². The first-order valence-corrected chi connectivity index (χ1v) is 9.97. The number of aromatic nitrogens is 1. The highest BCUT2D eigenvalue weighted by atomic mass is 35.5. The van der Waals surface area contributed by atoms with Gasteiger partial charge in [-0.2, -0.15) is 0 Å². The number of carbonyl (C=O) groups excluding carboxylic acids is 2. The van der Waals surface area contributed by atoms with Crippen LogP contribution in [0.4, 0.5) is 10.1 Å². The molecule has 0 saturated heterocycles. The molecule has 32 heavy (non-hydrogen) atoms. The number of ether oxygens (including phenoxy) is 1. The standard InChI is InChI=1S/C25H16ClFN2O3/c1-32-23-14-16(9-10-28-23)4-2-3-15-6-8-22-18(11-15)24(30)19(25(31)29-22)12-17-5-7-20(26)21(27)13-17/h5-14H,4H2,1H3,(H,29,31)/b19-12+. The fourth-order valence-corrected chi connectivity index (χ4v) is 3.29. The Labute approximate surface area is 188 Å². The number of ketones is 1. The minimum Gasteiger partial charge on any atom is -0.481 e. The van der Waals surface area contributed by atoms with Crippen LogP contribution in [-0.2, 0) is 11.2 Å². The van der Waals surface area contributed by atoms with E-state index in [0.29, 0.717) is 34.7 Å². The topological polar surface area (TPSA) is 68.3 Å². The minimum atomic E-state index is -0.630. The van der Waals surface area contributed by atoms with Gasteiger partial charge < -0.3 is 10.1 Å². The smallest absolute Gasteiger partial charge is 0.259 e. The van der Waals surface area contributed by atoms with Crippen molar-refractivity contribution in [3.8, 4) is 17.7 Å². The summed E-state index contributed by atoms with van der Waals surface area (Å²) >= 11 is 5.70. The van der Waals surface area contributed by atoms with Gasteiger partial charge in [-0.1, -0.05) is 29.5 Å². The lowest BCUT2D eigenvalue weighted by Gasteiger charge is -2.18. The van der Waals surface area contributed by atoms with Crippen LogP contribution in [-0.4, -0.2) is 23.8 Å². The zero-order valence-electron chi connectivity index (χ0n) is 16.9. The van der Waals surface area contributed by atoms with Gasteiger partial charge in [-0.15, -0.1) is 0 Å². The summed E-state index contributed by atoms with van der Waals surface area (Å²) < 4.78 is 18.8. The van der Waals surface area contributed by atoms with E-state index in [0.717, 1.165) is 5.56 Å². The lowest BCUT2D eigenvalue weighted by molar-refractivity contribution is -0.112. The molecule has 1 aliphatic heterocycles. The van der Waals surface area contributed by atoms with Gasteiger partial charge in [-0.05, 0) is 53.6 Å². The van der Waals surface area contributed by atoms with Crippen molar-refractivity contribution >= 4 is 35.1 Å². The largest absolute Gasteiger partial charge is 0.481 e. The summed E-state index contributed by atoms with van der Waals surface area (Å²) in [5, 5.41) is 2.65. The van der Waals surface area contributed by atoms with E-state index in [2.05, 4.69) is 22.1 Å². The third-order valence-electron chi connectivity index (χ3n) is 4.79. The van der Waals surface area contributed by atoms with Gasteiger partial charge in [0.05, 0.1) is 23.4 Å². The second-order valence-electron chi connectivity index (χ2n) is 6.96. The Bertz CT molecular complexity index is 1340. The molecule has 0 fully saturated rings. The van der Waals surface area contributed by atoms with E-state index in [4.69, 9.17) is 16.3 Å². The molecule has 7 heteroatoms. The van der Waals surface area contributed by atoms with Crippen molar-refractivity contribution in [2.75, 3.05) is 12.4 Å². The number of rotatable bonds is 3. The zero-order valence-corrected chi connectivity index (χ0v) is 17.7. The van der Waals surface area contributed by atoms with E-state index in [9.17, 15) is 14.0 Å². The second-order valence-corrected chi connectivity index (χ2v) is 7.37. The molecule has 2 aromatic carbocycles. The highest BCUT2D eigenvalue weighted by molar-refractivity contribution is 6.36. The Morgan fingerprint density at radius 2 is 2.00 bits per heavy atom. The number of carbonyl (C=O) groups is 2. The highest BCUT2D eigenvalue weighted by Gasteiger charge is 2.28. The number of fused-ring (bicyclic) bond motifs is 1. The first-order chi connectivity index (χ1) is 15.4. The van der Waals surface area contributed by atoms with Crippen LogP contribution in [0, 0.1) is 17.7 Å². The van der Waals surface area contributed by atoms with E-state index in [1.54, 1.807) is 37.6 Å². The van der Waals surface area contributed by atoms with E-state index in [1.807, 2.05) is 6.07 Å². The molecule has 0 aliphatic carbocycles. The number of nitrogens with one attached hydrogen (secondary N) is 1. The molecule has 0 saturated carbocycles. The van der Waals surface area contributed by atoms with Crippen molar-refractivity contribution in [1.82, 2.24) is 4.98 Å². The van der Waals surface area contributed by atoms with Gasteiger partial charge >= 0.3 is 0 Å². The molecule has 3 aromatic rings. The summed E-state index contributed by atoms with van der Waals surface area (Å²) in [7, 11) is 1.55. The fraction of sp³-hybridized carbons (Fsp3) is 0.0800. The number of Topliss-reactive ketones (excluding diaryl/α,β-unsaturated/α-hetero) is 1. The molecule has 2 heterocycles. The molecule has 0 radical (unpaired) electrons. The Morgan fingerprint density at radius 1 is 1.16 bits per heavy atom. The van der Waals surface area contributed by atoms with Crippen LogP contribution in [0.5, 0.6) is 5.88 Å². The first-order valence-electron chi connectivity index (χ1n) is 9.59. The predicted octanol–water partition coefficient (Wildman–Crippen LogP) is 4.70. The van der Waals surface area contributed by atoms with Crippen molar-refractivity contribution in [1.29, 1.82) is 0 Å². The summed E-state index contributed by atoms with van der Waals surface area (Å²) in [6.45, 7) is 0. The number of anilines is 1. The number of halogens is 2. The van der Waals surface area contributed by atoms with Crippen LogP contribution in [0.1, 0.15) is 27.0 Å². The van der Waals surface area contributed by atoms with Crippen molar-refractivity contribution in [2.24, 2.45) is 0 Å². The quantitative estimate of drug-likeness (QED) is 0.360. The highest BCUT2D eigenvalue weighted by Crippen LogP contribution is 2.28. The molecule has 1 amide bonds. The van der Waals surface area contributed by atoms with Gasteiger partial charge in [-0.3, -0.25) is 9.59 Å². The van der Waals surface area contributed by atoms with Crippen LogP contribution in [0.15, 0.2) is 60.3 Å². The molecule has 1 N–H and O–H groups in total. The Balaban J connectivity index is 1.60. The molecule has 0 bridgehead atoms. The number of methoxy groups -OCH3 is 1. The van der Waals surface area contributed by atoms with Crippen molar-refractivity contribution in [2.45, 2.75) is 6.42 Å². The molecule has 1 aliphatic rings. The number of nitrogens with zero attached hydrogens (tertiary/aromatic N) is 1. The average Bonchev–Trinajstić information content (AvgIpc) is 2.79. The number of pyridine rings is 1. The van der Waals surface area contributed by atoms with Gasteiger partial charge in [0.15, 0.2) is 0 Å². The van der Waals surface area contributed by atoms with Crippen LogP contribution < -0.4 is 10.1 Å². The molecule has 4 rings (SSSR count). The summed E-state index contributed by atoms with van der Waals surface area (Å²) in [5.74, 6) is 4.97. The summed E-state index contributed by atoms with van der Waals surface area (Å²) in [5.41, 5.74) is 2.58. The van der Waals surface area contributed by atoms with Gasteiger partial charge in [0.2, 0.25) is 11.7 Å². The van der Waals surface area contributed by atoms with Crippen molar-refractivity contribution in [3.05, 3.63) is 93.4 Å². The first kappa shape index (κ1) is 21.3. The Morgan fingerprint density at radius 3 is 2.78 bits per heavy atom. The van der Waals surface area contributed by atoms with Gasteiger partial charge in [0.25, 0.3) is 5.91 Å². The van der Waals surface area contributed by atoms with E-state index in [1.165, 1.54) is 24.3 Å². The Kier molecular flexibility index (Phi) is 6.02. The molecule has 0 unspecified atom stereocenters. The zero-order chi connectivity index (χ0) is 22.7. The van der Waals surface area contributed by atoms with Crippen LogP contribution in [0.3, 0.4) is 0 Å². The van der Waals surface area contributed by atoms with Crippen molar-refractivity contribution in [3.63, 3.8) is 0 Å². The lowest BCUT2D eigenvalue weighted by atomic mass is 9.93. The summed E-state index contributed by atoms with van der Waals surface area (Å²) in [6, 6.07) is 12.7. The monoisotopic (exact) mass is 446 g/mol. The number of amides is 1. The van der Waals surface area contributed by atoms with Crippen LogP contribution in [0.25, 0.3) is 6.08 Å². The molecular weight excluding hydrogens is 431 g/mol. The SMILES string of the molecule is COc1cc(CC#Cc2ccc3c(c2)C(=O)/C(=C\c2ccc(Cl)c(F)c2)C(=O)N3)ccn1. The normalized spacial score (nSPS) is 13.8. The number of hydrogen-bond acceptors (Lipinski definition) is 4. The fourth-order valence-electron chi connectivity index (χ4n) is 3.18. The van der Waals surface area contributed by atoms with Gasteiger partial charge in [0.1, 0.15) is 5.82 Å². The van der Waals surface area contributed by atoms with Crippen LogP contribution >= 0.6 is 11.6 Å². The summed E-state index contributed by atoms with van der Waals surface area (Å²) in [4.78, 5) is 29.5. The maximum absolute atomic E-state index is 13.7. The van der Waals surface area contributed by atoms with E-state index in [-0.39, 0.29) is 10.6 Å². The number of hydrogen-bond donors (Lipinski definition) is 1. The third-order valence-corrected chi connectivity index (χ3v) is 5.10. The maximum Gasteiger partial charge on any atom is 0.259 e. The summed E-state index contributed by atoms with van der Waals surface area (Å²) in [6.07, 6.45) is 3.47. The molecule has 0 atom stereocenters. The molecule has 5 nitrogen and oxygen atoms in total. The average molecular weight is 447 g/mol. The molecular formula is C25H16ClFN2O3. The van der Waals surface area contributed by atoms with Crippen LogP contribution in [0.2, 0.25) is 5.02 Å². The van der Waals surface area contributed by atoms with E-state index >= 15 is 0 Å². The predicted molar refractivity (Wildman–Crippen MR) is 120 cm³/mol. The molecule has 158 valence electrons. The van der Waals surface area contributed by atoms with Gasteiger partial charge in [0, 0.05) is 29.8 Å². The second kappa shape index (κ2) is 9.04. The molecule has 1 aromatic heterocycles. The Hall–Kier alpha value is -3.95.